The van der Waals surface area contributed by atoms with Gasteiger partial charge in [-0.2, -0.15) is 10.4 Å². The Kier molecular flexibility index (Phi) is 6.56. The van der Waals surface area contributed by atoms with E-state index in [-0.39, 0.29) is 11.8 Å². The summed E-state index contributed by atoms with van der Waals surface area (Å²) in [6, 6.07) is 15.2. The summed E-state index contributed by atoms with van der Waals surface area (Å²) in [5.74, 6) is 0.0918. The lowest BCUT2D eigenvalue weighted by atomic mass is 10.00. The number of nitrogens with zero attached hydrogens (tertiary/aromatic N) is 5. The molecule has 2 fully saturated rings. The van der Waals surface area contributed by atoms with Crippen molar-refractivity contribution in [1.82, 2.24) is 19.6 Å². The first-order valence-corrected chi connectivity index (χ1v) is 12.5. The van der Waals surface area contributed by atoms with E-state index < -0.39 is 0 Å². The van der Waals surface area contributed by atoms with Crippen LogP contribution in [0.1, 0.15) is 53.6 Å². The van der Waals surface area contributed by atoms with Crippen LogP contribution in [0.25, 0.3) is 16.8 Å². The second-order valence-electron chi connectivity index (χ2n) is 9.63. The maximum Gasteiger partial charge on any atom is 0.253 e. The molecule has 1 aromatic heterocycles. The first kappa shape index (κ1) is 23.1. The number of carbonyl (C=O) groups excluding carboxylic acids is 1. The lowest BCUT2D eigenvalue weighted by Crippen LogP contribution is -2.51. The topological polar surface area (TPSA) is 85.4 Å². The van der Waals surface area contributed by atoms with Gasteiger partial charge in [0.05, 0.1) is 29.1 Å². The zero-order valence-electron chi connectivity index (χ0n) is 20.2. The van der Waals surface area contributed by atoms with Crippen molar-refractivity contribution in [2.45, 2.75) is 45.1 Å². The lowest BCUT2D eigenvalue weighted by Gasteiger charge is -2.41. The van der Waals surface area contributed by atoms with Crippen molar-refractivity contribution in [3.05, 3.63) is 65.4 Å². The zero-order valence-corrected chi connectivity index (χ0v) is 20.2. The number of hydrogen-bond acceptors (Lipinski definition) is 5. The Balaban J connectivity index is 1.31. The van der Waals surface area contributed by atoms with Crippen molar-refractivity contribution >= 4 is 5.91 Å². The van der Waals surface area contributed by atoms with Gasteiger partial charge in [0.15, 0.2) is 0 Å². The maximum atomic E-state index is 13.2. The van der Waals surface area contributed by atoms with Crippen LogP contribution in [0.4, 0.5) is 0 Å². The van der Waals surface area contributed by atoms with E-state index in [1.165, 1.54) is 30.4 Å². The molecule has 2 aliphatic rings. The summed E-state index contributed by atoms with van der Waals surface area (Å²) in [6.45, 7) is 5.81. The largest absolute Gasteiger partial charge is 0.493 e. The van der Waals surface area contributed by atoms with Crippen molar-refractivity contribution in [2.24, 2.45) is 0 Å². The van der Waals surface area contributed by atoms with Crippen LogP contribution in [-0.4, -0.2) is 62.8 Å². The highest BCUT2D eigenvalue weighted by Crippen LogP contribution is 2.33. The number of rotatable bonds is 4. The molecule has 0 bridgehead atoms. The van der Waals surface area contributed by atoms with Crippen LogP contribution < -0.4 is 0 Å². The first-order chi connectivity index (χ1) is 17.0. The fourth-order valence-electron chi connectivity index (χ4n) is 5.40. The Hall–Kier alpha value is -3.63. The fourth-order valence-corrected chi connectivity index (χ4v) is 5.40. The molecule has 180 valence electrons. The van der Waals surface area contributed by atoms with Gasteiger partial charge in [0.2, 0.25) is 5.88 Å². The Morgan fingerprint density at radius 2 is 1.80 bits per heavy atom. The summed E-state index contributed by atoms with van der Waals surface area (Å²) < 4.78 is 1.47. The average molecular weight is 470 g/mol. The van der Waals surface area contributed by atoms with Crippen LogP contribution in [0.5, 0.6) is 5.88 Å². The van der Waals surface area contributed by atoms with Gasteiger partial charge in [-0.3, -0.25) is 9.69 Å². The number of nitriles is 1. The van der Waals surface area contributed by atoms with E-state index in [0.717, 1.165) is 43.7 Å². The highest BCUT2D eigenvalue weighted by Gasteiger charge is 2.29. The molecule has 7 nitrogen and oxygen atoms in total. The molecule has 2 aromatic carbocycles. The van der Waals surface area contributed by atoms with E-state index in [0.29, 0.717) is 28.4 Å². The maximum absolute atomic E-state index is 13.2. The number of likely N-dealkylation sites (tertiary alicyclic amines) is 2. The van der Waals surface area contributed by atoms with Crippen LogP contribution in [0.15, 0.2) is 48.7 Å². The molecule has 0 radical (unpaired) electrons. The molecule has 35 heavy (non-hydrogen) atoms. The minimum atomic E-state index is 0.0253. The molecular formula is C28H31N5O2. The molecule has 1 N–H and O–H groups in total. The summed E-state index contributed by atoms with van der Waals surface area (Å²) in [5.41, 5.74) is 4.24. The molecule has 5 rings (SSSR count). The highest BCUT2D eigenvalue weighted by molar-refractivity contribution is 5.94. The minimum Gasteiger partial charge on any atom is -0.493 e. The fraction of sp³-hybridized carbons (Fsp3) is 0.393. The molecule has 1 amide bonds. The molecule has 2 aliphatic heterocycles. The van der Waals surface area contributed by atoms with Gasteiger partial charge in [0, 0.05) is 24.7 Å². The molecular weight excluding hydrogens is 438 g/mol. The summed E-state index contributed by atoms with van der Waals surface area (Å²) >= 11 is 0. The van der Waals surface area contributed by atoms with Crippen molar-refractivity contribution in [1.29, 1.82) is 5.26 Å². The van der Waals surface area contributed by atoms with Gasteiger partial charge in [-0.15, -0.1) is 0 Å². The van der Waals surface area contributed by atoms with Crippen molar-refractivity contribution in [3.8, 4) is 28.8 Å². The monoisotopic (exact) mass is 469 g/mol. The smallest absolute Gasteiger partial charge is 0.253 e. The molecule has 0 spiro atoms. The Bertz CT molecular complexity index is 1250. The van der Waals surface area contributed by atoms with Crippen molar-refractivity contribution in [3.63, 3.8) is 0 Å². The molecule has 0 saturated carbocycles. The average Bonchev–Trinajstić information content (AvgIpc) is 3.29. The number of aromatic hydroxyl groups is 1. The Morgan fingerprint density at radius 1 is 1.03 bits per heavy atom. The van der Waals surface area contributed by atoms with Gasteiger partial charge < -0.3 is 10.0 Å². The molecule has 0 aliphatic carbocycles. The molecule has 2 saturated heterocycles. The number of aromatic nitrogens is 2. The zero-order chi connectivity index (χ0) is 24.4. The second-order valence-corrected chi connectivity index (χ2v) is 9.63. The van der Waals surface area contributed by atoms with Gasteiger partial charge >= 0.3 is 0 Å². The van der Waals surface area contributed by atoms with E-state index in [1.807, 2.05) is 42.2 Å². The molecule has 1 atom stereocenters. The van der Waals surface area contributed by atoms with Gasteiger partial charge in [0.1, 0.15) is 0 Å². The van der Waals surface area contributed by atoms with Crippen LogP contribution in [0.2, 0.25) is 0 Å². The first-order valence-electron chi connectivity index (χ1n) is 12.5. The SMILES string of the molecule is Cc1cc(C#N)ccc1-c1cnn(-c2ccc(C(=O)N3CCCC(N4CCCCC4)C3)cc2)c1O. The van der Waals surface area contributed by atoms with Crippen LogP contribution in [-0.2, 0) is 0 Å². The standard InChI is InChI=1S/C28H31N5O2/c1-20-16-21(17-29)7-12-25(20)26-18-30-33(28(26)35)23-10-8-22(9-11-23)27(34)32-15-5-6-24(19-32)31-13-3-2-4-14-31/h7-12,16,18,24,35H,2-6,13-15,19H2,1H3. The highest BCUT2D eigenvalue weighted by atomic mass is 16.3. The van der Waals surface area contributed by atoms with Crippen LogP contribution in [0, 0.1) is 18.3 Å². The normalized spacial score (nSPS) is 18.9. The summed E-state index contributed by atoms with van der Waals surface area (Å²) in [4.78, 5) is 17.8. The third-order valence-electron chi connectivity index (χ3n) is 7.34. The molecule has 1 unspecified atom stereocenters. The predicted octanol–water partition coefficient (Wildman–Crippen LogP) is 4.52. The third kappa shape index (κ3) is 4.67. The lowest BCUT2D eigenvalue weighted by molar-refractivity contribution is 0.0537. The van der Waals surface area contributed by atoms with Gasteiger partial charge in [-0.05, 0) is 93.2 Å². The summed E-state index contributed by atoms with van der Waals surface area (Å²) in [7, 11) is 0. The number of carbonyl (C=O) groups is 1. The molecule has 3 aromatic rings. The molecule has 7 heteroatoms. The minimum absolute atomic E-state index is 0.0253. The third-order valence-corrected chi connectivity index (χ3v) is 7.34. The number of benzene rings is 2. The van der Waals surface area contributed by atoms with Crippen LogP contribution >= 0.6 is 0 Å². The van der Waals surface area contributed by atoms with E-state index in [4.69, 9.17) is 5.26 Å². The van der Waals surface area contributed by atoms with Gasteiger partial charge in [0.25, 0.3) is 5.91 Å². The number of hydrogen-bond donors (Lipinski definition) is 1. The predicted molar refractivity (Wildman–Crippen MR) is 134 cm³/mol. The van der Waals surface area contributed by atoms with Crippen molar-refractivity contribution < 1.29 is 9.90 Å². The summed E-state index contributed by atoms with van der Waals surface area (Å²) in [6.07, 6.45) is 7.68. The van der Waals surface area contributed by atoms with Crippen LogP contribution in [0.3, 0.4) is 0 Å². The van der Waals surface area contributed by atoms with E-state index in [9.17, 15) is 9.90 Å². The van der Waals surface area contributed by atoms with E-state index >= 15 is 0 Å². The Labute approximate surface area is 206 Å². The van der Waals surface area contributed by atoms with E-state index in [2.05, 4.69) is 16.1 Å². The second kappa shape index (κ2) is 9.93. The van der Waals surface area contributed by atoms with E-state index in [1.54, 1.807) is 18.3 Å². The Morgan fingerprint density at radius 3 is 2.51 bits per heavy atom. The van der Waals surface area contributed by atoms with Gasteiger partial charge in [-0.1, -0.05) is 12.5 Å². The number of aryl methyl sites for hydroxylation is 1. The number of amides is 1. The van der Waals surface area contributed by atoms with Crippen molar-refractivity contribution in [2.75, 3.05) is 26.2 Å². The molecule has 3 heterocycles. The quantitative estimate of drug-likeness (QED) is 0.607. The van der Waals surface area contributed by atoms with Gasteiger partial charge in [-0.25, -0.2) is 4.68 Å². The number of piperidine rings is 2. The summed E-state index contributed by atoms with van der Waals surface area (Å²) in [5, 5.41) is 24.4.